The largest absolute Gasteiger partial charge is 0.354 e. The predicted molar refractivity (Wildman–Crippen MR) is 64.8 cm³/mol. The van der Waals surface area contributed by atoms with Crippen molar-refractivity contribution in [3.63, 3.8) is 0 Å². The van der Waals surface area contributed by atoms with Crippen molar-refractivity contribution in [1.82, 2.24) is 4.98 Å². The topological polar surface area (TPSA) is 54.0 Å². The second kappa shape index (κ2) is 3.94. The molecule has 0 unspecified atom stereocenters. The summed E-state index contributed by atoms with van der Waals surface area (Å²) in [6.07, 6.45) is 3.01. The van der Waals surface area contributed by atoms with E-state index >= 15 is 0 Å². The zero-order valence-electron chi connectivity index (χ0n) is 9.30. The van der Waals surface area contributed by atoms with Crippen LogP contribution < -0.4 is 10.6 Å². The molecule has 0 bridgehead atoms. The van der Waals surface area contributed by atoms with Gasteiger partial charge < -0.3 is 10.6 Å². The average molecular weight is 240 g/mol. The fourth-order valence-electron chi connectivity index (χ4n) is 1.91. The average Bonchev–Trinajstić information content (AvgIpc) is 2.28. The third kappa shape index (κ3) is 1.63. The molecular formula is C11H14ClN3O. The van der Waals surface area contributed by atoms with E-state index in [0.29, 0.717) is 16.5 Å². The van der Waals surface area contributed by atoms with E-state index < -0.39 is 5.54 Å². The maximum Gasteiger partial charge on any atom is 0.250 e. The van der Waals surface area contributed by atoms with Gasteiger partial charge in [0.15, 0.2) is 5.82 Å². The molecule has 0 saturated carbocycles. The molecular weight excluding hydrogens is 226 g/mol. The lowest BCUT2D eigenvalue weighted by molar-refractivity contribution is -0.120. The highest BCUT2D eigenvalue weighted by molar-refractivity contribution is 6.31. The number of pyridine rings is 1. The predicted octanol–water partition coefficient (Wildman–Crippen LogP) is 2.66. The SMILES string of the molecule is CCC1(CC)Nc2ncc(Cl)cc2NC1=O. The lowest BCUT2D eigenvalue weighted by Gasteiger charge is -2.36. The molecule has 2 rings (SSSR count). The zero-order chi connectivity index (χ0) is 11.8. The van der Waals surface area contributed by atoms with Crippen molar-refractivity contribution >= 4 is 29.0 Å². The van der Waals surface area contributed by atoms with Crippen LogP contribution in [0.4, 0.5) is 11.5 Å². The van der Waals surface area contributed by atoms with Crippen LogP contribution >= 0.6 is 11.6 Å². The summed E-state index contributed by atoms with van der Waals surface area (Å²) in [7, 11) is 0. The molecule has 0 saturated heterocycles. The number of aromatic nitrogens is 1. The highest BCUT2D eigenvalue weighted by atomic mass is 35.5. The van der Waals surface area contributed by atoms with Gasteiger partial charge in [-0.3, -0.25) is 4.79 Å². The number of rotatable bonds is 2. The minimum Gasteiger partial charge on any atom is -0.354 e. The highest BCUT2D eigenvalue weighted by Gasteiger charge is 2.39. The van der Waals surface area contributed by atoms with Crippen LogP contribution in [0.15, 0.2) is 12.3 Å². The van der Waals surface area contributed by atoms with Crippen molar-refractivity contribution in [1.29, 1.82) is 0 Å². The van der Waals surface area contributed by atoms with Crippen LogP contribution in [0.5, 0.6) is 0 Å². The Morgan fingerprint density at radius 2 is 2.12 bits per heavy atom. The Bertz CT molecular complexity index is 429. The van der Waals surface area contributed by atoms with E-state index in [4.69, 9.17) is 11.6 Å². The molecule has 86 valence electrons. The second-order valence-corrected chi connectivity index (χ2v) is 4.35. The van der Waals surface area contributed by atoms with Gasteiger partial charge in [0.25, 0.3) is 0 Å². The maximum atomic E-state index is 12.0. The van der Waals surface area contributed by atoms with Crippen molar-refractivity contribution < 1.29 is 4.79 Å². The normalized spacial score (nSPS) is 17.3. The van der Waals surface area contributed by atoms with Gasteiger partial charge in [0.05, 0.1) is 10.7 Å². The van der Waals surface area contributed by atoms with Crippen molar-refractivity contribution in [3.8, 4) is 0 Å². The summed E-state index contributed by atoms with van der Waals surface area (Å²) in [5.74, 6) is 0.668. The number of nitrogens with one attached hydrogen (secondary N) is 2. The number of halogens is 1. The van der Waals surface area contributed by atoms with E-state index in [9.17, 15) is 4.79 Å². The summed E-state index contributed by atoms with van der Waals surface area (Å²) < 4.78 is 0. The molecule has 2 heterocycles. The van der Waals surface area contributed by atoms with Crippen LogP contribution in [0, 0.1) is 0 Å². The molecule has 4 nitrogen and oxygen atoms in total. The molecule has 1 aliphatic rings. The summed E-state index contributed by atoms with van der Waals surface area (Å²) in [5.41, 5.74) is 0.100. The van der Waals surface area contributed by atoms with Crippen molar-refractivity contribution in [2.45, 2.75) is 32.2 Å². The molecule has 0 radical (unpaired) electrons. The van der Waals surface area contributed by atoms with E-state index in [1.807, 2.05) is 13.8 Å². The number of amides is 1. The monoisotopic (exact) mass is 239 g/mol. The zero-order valence-corrected chi connectivity index (χ0v) is 10.1. The van der Waals surface area contributed by atoms with Gasteiger partial charge in [0.2, 0.25) is 5.91 Å². The molecule has 0 aromatic carbocycles. The Morgan fingerprint density at radius 1 is 1.44 bits per heavy atom. The summed E-state index contributed by atoms with van der Waals surface area (Å²) in [5, 5.41) is 6.57. The minimum absolute atomic E-state index is 0.0194. The van der Waals surface area contributed by atoms with Crippen LogP contribution in [0.2, 0.25) is 5.02 Å². The number of carbonyl (C=O) groups excluding carboxylic acids is 1. The third-order valence-electron chi connectivity index (χ3n) is 3.10. The number of carbonyl (C=O) groups is 1. The Kier molecular flexibility index (Phi) is 2.76. The van der Waals surface area contributed by atoms with Crippen LogP contribution in [-0.4, -0.2) is 16.4 Å². The van der Waals surface area contributed by atoms with Gasteiger partial charge in [0.1, 0.15) is 5.54 Å². The Labute approximate surface area is 99.4 Å². The van der Waals surface area contributed by atoms with E-state index in [2.05, 4.69) is 15.6 Å². The molecule has 16 heavy (non-hydrogen) atoms. The Morgan fingerprint density at radius 3 is 2.75 bits per heavy atom. The van der Waals surface area contributed by atoms with Crippen molar-refractivity contribution in [2.24, 2.45) is 0 Å². The molecule has 0 aliphatic carbocycles. The standard InChI is InChI=1S/C11H14ClN3O/c1-3-11(4-2)10(16)14-8-5-7(12)6-13-9(8)15-11/h5-6H,3-4H2,1-2H3,(H,13,15)(H,14,16). The Balaban J connectivity index is 2.42. The molecule has 0 spiro atoms. The number of nitrogens with zero attached hydrogens (tertiary/aromatic N) is 1. The van der Waals surface area contributed by atoms with E-state index in [1.54, 1.807) is 12.3 Å². The van der Waals surface area contributed by atoms with Crippen LogP contribution in [0.3, 0.4) is 0 Å². The molecule has 0 fully saturated rings. The van der Waals surface area contributed by atoms with E-state index in [1.165, 1.54) is 0 Å². The molecule has 1 aromatic rings. The molecule has 1 amide bonds. The van der Waals surface area contributed by atoms with Gasteiger partial charge in [0, 0.05) is 6.20 Å². The first-order valence-corrected chi connectivity index (χ1v) is 5.74. The van der Waals surface area contributed by atoms with Crippen molar-refractivity contribution in [2.75, 3.05) is 10.6 Å². The van der Waals surface area contributed by atoms with Gasteiger partial charge in [-0.05, 0) is 18.9 Å². The second-order valence-electron chi connectivity index (χ2n) is 3.92. The first-order chi connectivity index (χ1) is 7.61. The summed E-state index contributed by atoms with van der Waals surface area (Å²) in [4.78, 5) is 16.2. The number of hydrogen-bond donors (Lipinski definition) is 2. The van der Waals surface area contributed by atoms with E-state index in [-0.39, 0.29) is 5.91 Å². The molecule has 5 heteroatoms. The molecule has 1 aromatic heterocycles. The van der Waals surface area contributed by atoms with Crippen LogP contribution in [0.1, 0.15) is 26.7 Å². The fraction of sp³-hybridized carbons (Fsp3) is 0.455. The quantitative estimate of drug-likeness (QED) is 0.834. The summed E-state index contributed by atoms with van der Waals surface area (Å²) in [6.45, 7) is 3.97. The van der Waals surface area contributed by atoms with Gasteiger partial charge in [-0.15, -0.1) is 0 Å². The number of fused-ring (bicyclic) bond motifs is 1. The summed E-state index contributed by atoms with van der Waals surface area (Å²) in [6, 6.07) is 1.70. The van der Waals surface area contributed by atoms with Gasteiger partial charge >= 0.3 is 0 Å². The van der Waals surface area contributed by atoms with Gasteiger partial charge in [-0.25, -0.2) is 4.98 Å². The number of hydrogen-bond acceptors (Lipinski definition) is 3. The Hall–Kier alpha value is -1.29. The fourth-order valence-corrected chi connectivity index (χ4v) is 2.07. The van der Waals surface area contributed by atoms with Gasteiger partial charge in [-0.2, -0.15) is 0 Å². The highest BCUT2D eigenvalue weighted by Crippen LogP contribution is 2.33. The first kappa shape index (κ1) is 11.2. The summed E-state index contributed by atoms with van der Waals surface area (Å²) >= 11 is 5.82. The van der Waals surface area contributed by atoms with Crippen molar-refractivity contribution in [3.05, 3.63) is 17.3 Å². The third-order valence-corrected chi connectivity index (χ3v) is 3.31. The number of anilines is 2. The van der Waals surface area contributed by atoms with Crippen LogP contribution in [0.25, 0.3) is 0 Å². The molecule has 1 aliphatic heterocycles. The lowest BCUT2D eigenvalue weighted by atomic mass is 9.90. The maximum absolute atomic E-state index is 12.0. The van der Waals surface area contributed by atoms with Gasteiger partial charge in [-0.1, -0.05) is 25.4 Å². The molecule has 2 N–H and O–H groups in total. The first-order valence-electron chi connectivity index (χ1n) is 5.36. The lowest BCUT2D eigenvalue weighted by Crippen LogP contribution is -2.51. The minimum atomic E-state index is -0.548. The molecule has 0 atom stereocenters. The van der Waals surface area contributed by atoms with E-state index in [0.717, 1.165) is 12.8 Å². The van der Waals surface area contributed by atoms with Crippen LogP contribution in [-0.2, 0) is 4.79 Å². The smallest absolute Gasteiger partial charge is 0.250 e.